The molecular weight excluding hydrogens is 434 g/mol. The van der Waals surface area contributed by atoms with Gasteiger partial charge >= 0.3 is 0 Å². The number of hydrogen-bond acceptors (Lipinski definition) is 0. The SMILES string of the molecule is CCCC1CCC(c2ccc(CCc3ccc(-c4ccc(CCl)cc4)cc3F)c(F)c2)CC1. The van der Waals surface area contributed by atoms with Crippen LogP contribution >= 0.6 is 11.6 Å². The summed E-state index contributed by atoms with van der Waals surface area (Å²) in [5.74, 6) is 1.40. The second-order valence-corrected chi connectivity index (χ2v) is 9.76. The van der Waals surface area contributed by atoms with Gasteiger partial charge in [-0.15, -0.1) is 11.6 Å². The molecule has 3 heteroatoms. The molecule has 1 aliphatic carbocycles. The molecule has 1 aliphatic rings. The van der Waals surface area contributed by atoms with E-state index in [-0.39, 0.29) is 11.6 Å². The van der Waals surface area contributed by atoms with Crippen molar-refractivity contribution in [1.82, 2.24) is 0 Å². The molecule has 0 radical (unpaired) electrons. The topological polar surface area (TPSA) is 0 Å². The Morgan fingerprint density at radius 3 is 1.94 bits per heavy atom. The van der Waals surface area contributed by atoms with Gasteiger partial charge in [0, 0.05) is 5.88 Å². The summed E-state index contributed by atoms with van der Waals surface area (Å²) >= 11 is 5.84. The molecule has 3 aromatic carbocycles. The molecule has 174 valence electrons. The van der Waals surface area contributed by atoms with Crippen molar-refractivity contribution in [2.24, 2.45) is 5.92 Å². The number of halogens is 3. The second kappa shape index (κ2) is 11.3. The lowest BCUT2D eigenvalue weighted by atomic mass is 9.77. The number of aryl methyl sites for hydroxylation is 2. The van der Waals surface area contributed by atoms with E-state index < -0.39 is 0 Å². The summed E-state index contributed by atoms with van der Waals surface area (Å²) in [6.45, 7) is 2.25. The molecule has 1 saturated carbocycles. The van der Waals surface area contributed by atoms with Gasteiger partial charge in [0.15, 0.2) is 0 Å². The minimum absolute atomic E-state index is 0.153. The first-order valence-corrected chi connectivity index (χ1v) is 12.8. The fraction of sp³-hybridized carbons (Fsp3) is 0.400. The predicted octanol–water partition coefficient (Wildman–Crippen LogP) is 9.23. The summed E-state index contributed by atoms with van der Waals surface area (Å²) in [5.41, 5.74) is 5.24. The molecule has 3 aromatic rings. The average molecular weight is 467 g/mol. The smallest absolute Gasteiger partial charge is 0.127 e. The molecule has 0 aromatic heterocycles. The Morgan fingerprint density at radius 1 is 0.758 bits per heavy atom. The van der Waals surface area contributed by atoms with Crippen molar-refractivity contribution >= 4 is 11.6 Å². The Hall–Kier alpha value is -2.19. The average Bonchev–Trinajstić information content (AvgIpc) is 2.84. The van der Waals surface area contributed by atoms with Gasteiger partial charge in [-0.1, -0.05) is 68.3 Å². The van der Waals surface area contributed by atoms with E-state index in [1.165, 1.54) is 25.7 Å². The highest BCUT2D eigenvalue weighted by Crippen LogP contribution is 2.38. The molecule has 33 heavy (non-hydrogen) atoms. The second-order valence-electron chi connectivity index (χ2n) is 9.49. The summed E-state index contributed by atoms with van der Waals surface area (Å²) < 4.78 is 29.6. The zero-order valence-electron chi connectivity index (χ0n) is 19.4. The van der Waals surface area contributed by atoms with Crippen molar-refractivity contribution in [2.45, 2.75) is 70.1 Å². The first-order valence-electron chi connectivity index (χ1n) is 12.3. The van der Waals surface area contributed by atoms with E-state index in [0.29, 0.717) is 35.8 Å². The van der Waals surface area contributed by atoms with Crippen molar-refractivity contribution < 1.29 is 8.78 Å². The van der Waals surface area contributed by atoms with Crippen LogP contribution in [-0.2, 0) is 18.7 Å². The summed E-state index contributed by atoms with van der Waals surface area (Å²) in [7, 11) is 0. The third-order valence-electron chi connectivity index (χ3n) is 7.25. The first-order chi connectivity index (χ1) is 16.1. The van der Waals surface area contributed by atoms with Gasteiger partial charge < -0.3 is 0 Å². The van der Waals surface area contributed by atoms with Gasteiger partial charge in [0.1, 0.15) is 11.6 Å². The highest BCUT2D eigenvalue weighted by molar-refractivity contribution is 6.17. The van der Waals surface area contributed by atoms with Crippen LogP contribution < -0.4 is 0 Å². The fourth-order valence-corrected chi connectivity index (χ4v) is 5.38. The molecule has 0 atom stereocenters. The molecule has 0 saturated heterocycles. The van der Waals surface area contributed by atoms with E-state index in [9.17, 15) is 8.78 Å². The Balaban J connectivity index is 1.37. The fourth-order valence-electron chi connectivity index (χ4n) is 5.20. The molecule has 0 aliphatic heterocycles. The molecule has 0 amide bonds. The lowest BCUT2D eigenvalue weighted by molar-refractivity contribution is 0.308. The standard InChI is InChI=1S/C30H33ClF2/c1-2-3-21-4-8-23(9-5-21)27-16-14-25(29(32)18-27)12-13-26-15-17-28(19-30(26)33)24-10-6-22(20-31)7-11-24/h6-7,10-11,14-19,21,23H,2-5,8-9,12-13,20H2,1H3. The molecule has 1 fully saturated rings. The maximum Gasteiger partial charge on any atom is 0.127 e. The van der Waals surface area contributed by atoms with Crippen LogP contribution in [0.15, 0.2) is 60.7 Å². The minimum Gasteiger partial charge on any atom is -0.207 e. The lowest BCUT2D eigenvalue weighted by Crippen LogP contribution is -2.13. The molecule has 4 rings (SSSR count). The summed E-state index contributed by atoms with van der Waals surface area (Å²) in [6.07, 6.45) is 8.39. The van der Waals surface area contributed by atoms with Gasteiger partial charge in [-0.2, -0.15) is 0 Å². The number of rotatable bonds is 8. The van der Waals surface area contributed by atoms with Crippen LogP contribution in [0.3, 0.4) is 0 Å². The maximum absolute atomic E-state index is 14.8. The van der Waals surface area contributed by atoms with Crippen LogP contribution in [0.5, 0.6) is 0 Å². The van der Waals surface area contributed by atoms with Crippen molar-refractivity contribution in [3.05, 3.63) is 94.6 Å². The highest BCUT2D eigenvalue weighted by Gasteiger charge is 2.22. The highest BCUT2D eigenvalue weighted by atomic mass is 35.5. The van der Waals surface area contributed by atoms with Crippen molar-refractivity contribution in [3.63, 3.8) is 0 Å². The van der Waals surface area contributed by atoms with Gasteiger partial charge in [-0.25, -0.2) is 8.78 Å². The summed E-state index contributed by atoms with van der Waals surface area (Å²) in [5, 5.41) is 0. The van der Waals surface area contributed by atoms with E-state index in [0.717, 1.165) is 41.0 Å². The summed E-state index contributed by atoms with van der Waals surface area (Å²) in [4.78, 5) is 0. The quantitative estimate of drug-likeness (QED) is 0.290. The number of benzene rings is 3. The van der Waals surface area contributed by atoms with E-state index >= 15 is 0 Å². The normalized spacial score (nSPS) is 18.4. The zero-order valence-corrected chi connectivity index (χ0v) is 20.2. The lowest BCUT2D eigenvalue weighted by Gasteiger charge is -2.28. The van der Waals surface area contributed by atoms with Crippen molar-refractivity contribution in [2.75, 3.05) is 0 Å². The van der Waals surface area contributed by atoms with Gasteiger partial charge in [0.25, 0.3) is 0 Å². The van der Waals surface area contributed by atoms with Gasteiger partial charge in [-0.05, 0) is 95.9 Å². The Bertz CT molecular complexity index is 1050. The Labute approximate surface area is 202 Å². The third-order valence-corrected chi connectivity index (χ3v) is 7.56. The Kier molecular flexibility index (Phi) is 8.20. The Morgan fingerprint density at radius 2 is 1.36 bits per heavy atom. The van der Waals surface area contributed by atoms with Gasteiger partial charge in [-0.3, -0.25) is 0 Å². The van der Waals surface area contributed by atoms with Crippen LogP contribution in [0.2, 0.25) is 0 Å². The molecule has 0 unspecified atom stereocenters. The van der Waals surface area contributed by atoms with Crippen LogP contribution in [0.4, 0.5) is 8.78 Å². The van der Waals surface area contributed by atoms with E-state index in [1.807, 2.05) is 42.5 Å². The van der Waals surface area contributed by atoms with Crippen LogP contribution in [-0.4, -0.2) is 0 Å². The molecular formula is C30H33ClF2. The number of hydrogen-bond donors (Lipinski definition) is 0. The van der Waals surface area contributed by atoms with E-state index in [2.05, 4.69) is 13.0 Å². The van der Waals surface area contributed by atoms with Crippen molar-refractivity contribution in [3.8, 4) is 11.1 Å². The van der Waals surface area contributed by atoms with Gasteiger partial charge in [0.05, 0.1) is 0 Å². The first kappa shape index (κ1) is 24.0. The molecule has 0 heterocycles. The number of alkyl halides is 1. The third kappa shape index (κ3) is 6.03. The van der Waals surface area contributed by atoms with Crippen LogP contribution in [0.25, 0.3) is 11.1 Å². The maximum atomic E-state index is 14.8. The zero-order chi connectivity index (χ0) is 23.2. The van der Waals surface area contributed by atoms with Crippen LogP contribution in [0, 0.1) is 17.6 Å². The molecule has 0 N–H and O–H groups in total. The molecule has 0 bridgehead atoms. The van der Waals surface area contributed by atoms with Gasteiger partial charge in [0.2, 0.25) is 0 Å². The monoisotopic (exact) mass is 466 g/mol. The molecule has 0 nitrogen and oxygen atoms in total. The summed E-state index contributed by atoms with van der Waals surface area (Å²) in [6, 6.07) is 18.9. The minimum atomic E-state index is -0.241. The van der Waals surface area contributed by atoms with E-state index in [1.54, 1.807) is 12.1 Å². The predicted molar refractivity (Wildman–Crippen MR) is 135 cm³/mol. The molecule has 0 spiro atoms. The van der Waals surface area contributed by atoms with Crippen molar-refractivity contribution in [1.29, 1.82) is 0 Å². The van der Waals surface area contributed by atoms with E-state index in [4.69, 9.17) is 11.6 Å². The largest absolute Gasteiger partial charge is 0.207 e. The van der Waals surface area contributed by atoms with Crippen LogP contribution in [0.1, 0.15) is 73.6 Å².